The molecular formula is C16H28O. The molecule has 0 aliphatic carbocycles. The lowest BCUT2D eigenvalue weighted by molar-refractivity contribution is -0.110. The van der Waals surface area contributed by atoms with Gasteiger partial charge in [-0.2, -0.15) is 0 Å². The first kappa shape index (κ1) is 16.1. The number of carbonyl (C=O) groups excluding carboxylic acids is 1. The molecule has 0 amide bonds. The molecule has 0 radical (unpaired) electrons. The van der Waals surface area contributed by atoms with Crippen molar-refractivity contribution in [3.63, 3.8) is 0 Å². The van der Waals surface area contributed by atoms with Crippen molar-refractivity contribution in [3.8, 4) is 0 Å². The fourth-order valence-electron chi connectivity index (χ4n) is 1.84. The van der Waals surface area contributed by atoms with Gasteiger partial charge in [-0.1, -0.05) is 70.9 Å². The third kappa shape index (κ3) is 13.1. The second kappa shape index (κ2) is 13.2. The zero-order chi connectivity index (χ0) is 12.8. The van der Waals surface area contributed by atoms with Gasteiger partial charge in [-0.3, -0.25) is 4.79 Å². The number of ketones is 1. The van der Waals surface area contributed by atoms with Gasteiger partial charge in [0.2, 0.25) is 0 Å². The van der Waals surface area contributed by atoms with Gasteiger partial charge in [0.15, 0.2) is 5.78 Å². The van der Waals surface area contributed by atoms with Crippen LogP contribution in [0, 0.1) is 0 Å². The van der Waals surface area contributed by atoms with Crippen LogP contribution in [0.15, 0.2) is 24.8 Å². The van der Waals surface area contributed by atoms with Gasteiger partial charge in [-0.15, -0.1) is 0 Å². The minimum Gasteiger partial charge on any atom is -0.290 e. The summed E-state index contributed by atoms with van der Waals surface area (Å²) in [4.78, 5) is 10.9. The highest BCUT2D eigenvalue weighted by Gasteiger charge is 1.91. The summed E-state index contributed by atoms with van der Waals surface area (Å²) in [5.41, 5.74) is 0. The largest absolute Gasteiger partial charge is 0.290 e. The molecule has 0 saturated heterocycles. The molecular weight excluding hydrogens is 208 g/mol. The zero-order valence-electron chi connectivity index (χ0n) is 11.4. The molecule has 0 bridgehead atoms. The Morgan fingerprint density at radius 2 is 1.47 bits per heavy atom. The summed E-state index contributed by atoms with van der Waals surface area (Å²) in [6.45, 7) is 5.68. The van der Waals surface area contributed by atoms with Gasteiger partial charge < -0.3 is 0 Å². The van der Waals surface area contributed by atoms with Crippen LogP contribution >= 0.6 is 0 Å². The number of allylic oxidation sites excluding steroid dienone is 3. The van der Waals surface area contributed by atoms with Gasteiger partial charge in [0.05, 0.1) is 0 Å². The molecule has 1 heteroatoms. The molecule has 0 saturated carbocycles. The first-order valence-corrected chi connectivity index (χ1v) is 7.14. The molecule has 0 aromatic carbocycles. The Hall–Kier alpha value is -0.850. The molecule has 98 valence electrons. The molecule has 0 atom stereocenters. The lowest BCUT2D eigenvalue weighted by Gasteiger charge is -2.00. The molecule has 0 N–H and O–H groups in total. The Balaban J connectivity index is 3.11. The number of rotatable bonds is 12. The summed E-state index contributed by atoms with van der Waals surface area (Å²) in [6.07, 6.45) is 18.1. The average Bonchev–Trinajstić information content (AvgIpc) is 2.35. The van der Waals surface area contributed by atoms with Crippen LogP contribution in [0.1, 0.15) is 71.1 Å². The molecule has 0 aromatic rings. The Morgan fingerprint density at radius 3 is 2.00 bits per heavy atom. The summed E-state index contributed by atoms with van der Waals surface area (Å²) in [5.74, 6) is 0.0147. The van der Waals surface area contributed by atoms with Crippen LogP contribution in [0.5, 0.6) is 0 Å². The van der Waals surface area contributed by atoms with E-state index < -0.39 is 0 Å². The summed E-state index contributed by atoms with van der Waals surface area (Å²) < 4.78 is 0. The van der Waals surface area contributed by atoms with E-state index in [0.717, 1.165) is 6.42 Å². The quantitative estimate of drug-likeness (QED) is 0.335. The van der Waals surface area contributed by atoms with Crippen molar-refractivity contribution in [2.45, 2.75) is 71.1 Å². The lowest BCUT2D eigenvalue weighted by atomic mass is 10.1. The first-order chi connectivity index (χ1) is 8.31. The van der Waals surface area contributed by atoms with Gasteiger partial charge in [-0.05, 0) is 25.0 Å². The molecule has 0 aliphatic rings. The standard InChI is InChI=1S/C16H28O/c1-3-5-6-7-8-9-10-11-12-13-14-15-16(17)4-2/h4,14-15H,2-3,5-13H2,1H3. The molecule has 0 unspecified atom stereocenters. The lowest BCUT2D eigenvalue weighted by Crippen LogP contribution is -1.83. The van der Waals surface area contributed by atoms with Gasteiger partial charge in [0.1, 0.15) is 0 Å². The van der Waals surface area contributed by atoms with Crippen LogP contribution in [-0.4, -0.2) is 5.78 Å². The topological polar surface area (TPSA) is 17.1 Å². The van der Waals surface area contributed by atoms with E-state index in [-0.39, 0.29) is 5.78 Å². The molecule has 0 aromatic heterocycles. The molecule has 0 heterocycles. The highest BCUT2D eigenvalue weighted by atomic mass is 16.1. The molecule has 0 aliphatic heterocycles. The van der Waals surface area contributed by atoms with Crippen molar-refractivity contribution in [3.05, 3.63) is 24.8 Å². The Bertz CT molecular complexity index is 216. The van der Waals surface area contributed by atoms with Crippen LogP contribution in [0.2, 0.25) is 0 Å². The first-order valence-electron chi connectivity index (χ1n) is 7.14. The number of carbonyl (C=O) groups is 1. The van der Waals surface area contributed by atoms with Crippen molar-refractivity contribution < 1.29 is 4.79 Å². The van der Waals surface area contributed by atoms with Crippen LogP contribution < -0.4 is 0 Å². The second-order valence-corrected chi connectivity index (χ2v) is 4.63. The maximum atomic E-state index is 10.9. The highest BCUT2D eigenvalue weighted by Crippen LogP contribution is 2.10. The second-order valence-electron chi connectivity index (χ2n) is 4.63. The smallest absolute Gasteiger partial charge is 0.177 e. The van der Waals surface area contributed by atoms with Crippen molar-refractivity contribution in [2.75, 3.05) is 0 Å². The Kier molecular flexibility index (Phi) is 12.6. The SMILES string of the molecule is C=CC(=O)C=CCCCCCCCCCCC. The summed E-state index contributed by atoms with van der Waals surface area (Å²) in [6, 6.07) is 0. The van der Waals surface area contributed by atoms with Crippen molar-refractivity contribution >= 4 is 5.78 Å². The molecule has 1 nitrogen and oxygen atoms in total. The van der Waals surface area contributed by atoms with Crippen molar-refractivity contribution in [1.29, 1.82) is 0 Å². The molecule has 0 spiro atoms. The maximum Gasteiger partial charge on any atom is 0.177 e. The van der Waals surface area contributed by atoms with Gasteiger partial charge in [0, 0.05) is 0 Å². The molecule has 0 rings (SSSR count). The zero-order valence-corrected chi connectivity index (χ0v) is 11.4. The van der Waals surface area contributed by atoms with Gasteiger partial charge >= 0.3 is 0 Å². The molecule has 0 fully saturated rings. The van der Waals surface area contributed by atoms with Crippen LogP contribution in [0.4, 0.5) is 0 Å². The van der Waals surface area contributed by atoms with Gasteiger partial charge in [-0.25, -0.2) is 0 Å². The fourth-order valence-corrected chi connectivity index (χ4v) is 1.84. The summed E-state index contributed by atoms with van der Waals surface area (Å²) in [7, 11) is 0. The van der Waals surface area contributed by atoms with Crippen molar-refractivity contribution in [1.82, 2.24) is 0 Å². The minimum absolute atomic E-state index is 0.0147. The van der Waals surface area contributed by atoms with Crippen molar-refractivity contribution in [2.24, 2.45) is 0 Å². The maximum absolute atomic E-state index is 10.9. The van der Waals surface area contributed by atoms with Crippen LogP contribution in [0.3, 0.4) is 0 Å². The van der Waals surface area contributed by atoms with Crippen LogP contribution in [0.25, 0.3) is 0 Å². The Labute approximate surface area is 107 Å². The number of hydrogen-bond donors (Lipinski definition) is 0. The Morgan fingerprint density at radius 1 is 0.941 bits per heavy atom. The number of hydrogen-bond acceptors (Lipinski definition) is 1. The minimum atomic E-state index is 0.0147. The van der Waals surface area contributed by atoms with E-state index >= 15 is 0 Å². The predicted octanol–water partition coefficient (Wildman–Crippen LogP) is 5.22. The average molecular weight is 236 g/mol. The highest BCUT2D eigenvalue weighted by molar-refractivity contribution is 5.98. The van der Waals surface area contributed by atoms with Gasteiger partial charge in [0.25, 0.3) is 0 Å². The number of unbranched alkanes of at least 4 members (excludes halogenated alkanes) is 9. The van der Waals surface area contributed by atoms with Crippen LogP contribution in [-0.2, 0) is 4.79 Å². The van der Waals surface area contributed by atoms with E-state index in [1.165, 1.54) is 63.9 Å². The van der Waals surface area contributed by atoms with E-state index in [2.05, 4.69) is 13.5 Å². The van der Waals surface area contributed by atoms with E-state index in [9.17, 15) is 4.79 Å². The van der Waals surface area contributed by atoms with E-state index in [1.54, 1.807) is 6.08 Å². The third-order valence-electron chi connectivity index (χ3n) is 2.96. The normalized spacial score (nSPS) is 10.9. The molecule has 17 heavy (non-hydrogen) atoms. The van der Waals surface area contributed by atoms with E-state index in [4.69, 9.17) is 0 Å². The monoisotopic (exact) mass is 236 g/mol. The predicted molar refractivity (Wildman–Crippen MR) is 76.2 cm³/mol. The van der Waals surface area contributed by atoms with E-state index in [0.29, 0.717) is 0 Å². The van der Waals surface area contributed by atoms with E-state index in [1.807, 2.05) is 6.08 Å². The summed E-state index contributed by atoms with van der Waals surface area (Å²) in [5, 5.41) is 0. The fraction of sp³-hybridized carbons (Fsp3) is 0.688. The third-order valence-corrected chi connectivity index (χ3v) is 2.96. The summed E-state index contributed by atoms with van der Waals surface area (Å²) >= 11 is 0.